The number of carboxylic acids is 1. The largest absolute Gasteiger partial charge is 0.573 e. The summed E-state index contributed by atoms with van der Waals surface area (Å²) in [6.45, 7) is 3.19. The van der Waals surface area contributed by atoms with Crippen LogP contribution >= 0.6 is 0 Å². The fraction of sp³-hybridized carbons (Fsp3) is 0.632. The number of hydrogen-bond acceptors (Lipinski definition) is 4. The molecule has 0 amide bonds. The second kappa shape index (κ2) is 11.1. The smallest absolute Gasteiger partial charge is 0.481 e. The molecule has 1 N–H and O–H groups in total. The normalized spacial score (nSPS) is 14.5. The van der Waals surface area contributed by atoms with Crippen LogP contribution in [0.25, 0.3) is 0 Å². The van der Waals surface area contributed by atoms with Crippen LogP contribution in [0.4, 0.5) is 39.5 Å². The van der Waals surface area contributed by atoms with E-state index < -0.39 is 60.2 Å². The van der Waals surface area contributed by atoms with Gasteiger partial charge in [0.1, 0.15) is 17.2 Å². The third-order valence-electron chi connectivity index (χ3n) is 4.55. The lowest BCUT2D eigenvalue weighted by atomic mass is 9.88. The zero-order valence-corrected chi connectivity index (χ0v) is 17.3. The van der Waals surface area contributed by atoms with E-state index in [2.05, 4.69) is 14.2 Å². The molecule has 0 saturated heterocycles. The molecule has 1 aromatic carbocycles. The Balaban J connectivity index is 3.27. The zero-order valence-electron chi connectivity index (χ0n) is 17.3. The minimum absolute atomic E-state index is 0.0211. The van der Waals surface area contributed by atoms with Crippen molar-refractivity contribution >= 4 is 5.97 Å². The lowest BCUT2D eigenvalue weighted by Crippen LogP contribution is -2.22. The SMILES string of the molecule is CCC(CCCc1c(OC(F)(F)F)cc(OC(F)(F)F)cc1OC(F)(F)F)CC(C)C(=O)O. The molecule has 14 heteroatoms. The Morgan fingerprint density at radius 3 is 1.73 bits per heavy atom. The predicted octanol–water partition coefficient (Wildman–Crippen LogP) is 6.84. The average Bonchev–Trinajstić information content (AvgIpc) is 2.58. The Kier molecular flexibility index (Phi) is 9.54. The van der Waals surface area contributed by atoms with Gasteiger partial charge in [-0.2, -0.15) is 0 Å². The molecule has 0 radical (unpaired) electrons. The summed E-state index contributed by atoms with van der Waals surface area (Å²) in [6, 6.07) is 0.340. The minimum Gasteiger partial charge on any atom is -0.481 e. The van der Waals surface area contributed by atoms with Crippen molar-refractivity contribution in [1.82, 2.24) is 0 Å². The van der Waals surface area contributed by atoms with Gasteiger partial charge < -0.3 is 19.3 Å². The Hall–Kier alpha value is -2.54. The minimum atomic E-state index is -5.43. The monoisotopic (exact) mass is 500 g/mol. The molecule has 0 aliphatic carbocycles. The topological polar surface area (TPSA) is 65.0 Å². The summed E-state index contributed by atoms with van der Waals surface area (Å²) >= 11 is 0. The van der Waals surface area contributed by atoms with Crippen molar-refractivity contribution in [2.24, 2.45) is 11.8 Å². The summed E-state index contributed by atoms with van der Waals surface area (Å²) in [5.41, 5.74) is -0.764. The van der Waals surface area contributed by atoms with Crippen LogP contribution in [-0.2, 0) is 11.2 Å². The van der Waals surface area contributed by atoms with Crippen LogP contribution < -0.4 is 14.2 Å². The van der Waals surface area contributed by atoms with Gasteiger partial charge in [0.15, 0.2) is 0 Å². The van der Waals surface area contributed by atoms with E-state index in [1.165, 1.54) is 6.92 Å². The lowest BCUT2D eigenvalue weighted by Gasteiger charge is -2.21. The number of carboxylic acid groups (broad SMARTS) is 1. The standard InChI is InChI=1S/C19H21F9O5/c1-3-11(7-10(2)16(29)30)5-4-6-13-14(32-18(23,24)25)8-12(31-17(20,21)22)9-15(13)33-19(26,27)28/h8-11H,3-7H2,1-2H3,(H,29,30). The van der Waals surface area contributed by atoms with Crippen molar-refractivity contribution in [2.75, 3.05) is 0 Å². The molecule has 0 aliphatic rings. The quantitative estimate of drug-likeness (QED) is 0.337. The van der Waals surface area contributed by atoms with Gasteiger partial charge in [-0.25, -0.2) is 0 Å². The summed E-state index contributed by atoms with van der Waals surface area (Å²) in [6.07, 6.45) is -15.8. The zero-order chi connectivity index (χ0) is 25.6. The average molecular weight is 500 g/mol. The molecular weight excluding hydrogens is 479 g/mol. The number of ether oxygens (including phenoxy) is 3. The van der Waals surface area contributed by atoms with Gasteiger partial charge in [-0.1, -0.05) is 26.7 Å². The number of benzene rings is 1. The molecule has 2 atom stereocenters. The molecule has 0 saturated carbocycles. The van der Waals surface area contributed by atoms with Gasteiger partial charge in [-0.05, 0) is 25.2 Å². The first-order valence-corrected chi connectivity index (χ1v) is 9.57. The summed E-state index contributed by atoms with van der Waals surface area (Å²) in [5.74, 6) is -6.06. The van der Waals surface area contributed by atoms with E-state index in [0.717, 1.165) is 0 Å². The predicted molar refractivity (Wildman–Crippen MR) is 94.6 cm³/mol. The van der Waals surface area contributed by atoms with E-state index in [1.807, 2.05) is 0 Å². The Morgan fingerprint density at radius 1 is 0.909 bits per heavy atom. The highest BCUT2D eigenvalue weighted by molar-refractivity contribution is 5.69. The Morgan fingerprint density at radius 2 is 1.36 bits per heavy atom. The third-order valence-corrected chi connectivity index (χ3v) is 4.55. The van der Waals surface area contributed by atoms with Gasteiger partial charge >= 0.3 is 25.1 Å². The third kappa shape index (κ3) is 11.2. The second-order valence-electron chi connectivity index (χ2n) is 7.18. The molecule has 0 aromatic heterocycles. The molecule has 0 fully saturated rings. The summed E-state index contributed by atoms with van der Waals surface area (Å²) in [5, 5.41) is 8.99. The number of alkyl halides is 9. The van der Waals surface area contributed by atoms with Gasteiger partial charge in [0, 0.05) is 17.7 Å². The van der Waals surface area contributed by atoms with E-state index in [1.54, 1.807) is 6.92 Å². The molecule has 0 heterocycles. The van der Waals surface area contributed by atoms with Gasteiger partial charge in [0.25, 0.3) is 0 Å². The highest BCUT2D eigenvalue weighted by Gasteiger charge is 2.38. The van der Waals surface area contributed by atoms with Crippen molar-refractivity contribution in [3.8, 4) is 17.2 Å². The lowest BCUT2D eigenvalue weighted by molar-refractivity contribution is -0.278. The molecule has 5 nitrogen and oxygen atoms in total. The first-order chi connectivity index (χ1) is 14.9. The van der Waals surface area contributed by atoms with E-state index >= 15 is 0 Å². The first-order valence-electron chi connectivity index (χ1n) is 9.57. The molecule has 0 bridgehead atoms. The van der Waals surface area contributed by atoms with Crippen LogP contribution in [0.2, 0.25) is 0 Å². The van der Waals surface area contributed by atoms with E-state index in [9.17, 15) is 44.3 Å². The van der Waals surface area contributed by atoms with Crippen LogP contribution in [-0.4, -0.2) is 30.2 Å². The number of carbonyl (C=O) groups is 1. The van der Waals surface area contributed by atoms with Crippen LogP contribution in [0.1, 0.15) is 45.1 Å². The van der Waals surface area contributed by atoms with Gasteiger partial charge in [0.05, 0.1) is 5.92 Å². The molecule has 1 rings (SSSR count). The van der Waals surface area contributed by atoms with Gasteiger partial charge in [-0.15, -0.1) is 39.5 Å². The molecule has 1 aromatic rings. The molecule has 0 aliphatic heterocycles. The highest BCUT2D eigenvalue weighted by atomic mass is 19.4. The number of hydrogen-bond donors (Lipinski definition) is 1. The Labute approximate surface area is 182 Å². The van der Waals surface area contributed by atoms with Gasteiger partial charge in [0.2, 0.25) is 0 Å². The maximum absolute atomic E-state index is 12.8. The van der Waals surface area contributed by atoms with Crippen LogP contribution in [0.5, 0.6) is 17.2 Å². The maximum Gasteiger partial charge on any atom is 0.573 e. The molecule has 190 valence electrons. The van der Waals surface area contributed by atoms with Crippen molar-refractivity contribution < 1.29 is 63.6 Å². The molecular formula is C19H21F9O5. The van der Waals surface area contributed by atoms with Crippen molar-refractivity contribution in [3.63, 3.8) is 0 Å². The summed E-state index contributed by atoms with van der Waals surface area (Å²) in [4.78, 5) is 11.0. The van der Waals surface area contributed by atoms with Gasteiger partial charge in [-0.3, -0.25) is 4.79 Å². The van der Waals surface area contributed by atoms with Crippen LogP contribution in [0, 0.1) is 11.8 Å². The Bertz CT molecular complexity index is 750. The summed E-state index contributed by atoms with van der Waals surface area (Å²) < 4.78 is 125. The van der Waals surface area contributed by atoms with Crippen molar-refractivity contribution in [2.45, 2.75) is 65.0 Å². The highest BCUT2D eigenvalue weighted by Crippen LogP contribution is 2.41. The molecule has 2 unspecified atom stereocenters. The second-order valence-corrected chi connectivity index (χ2v) is 7.18. The van der Waals surface area contributed by atoms with Crippen molar-refractivity contribution in [1.29, 1.82) is 0 Å². The van der Waals surface area contributed by atoms with E-state index in [0.29, 0.717) is 6.42 Å². The first kappa shape index (κ1) is 28.5. The van der Waals surface area contributed by atoms with Crippen LogP contribution in [0.3, 0.4) is 0 Å². The van der Waals surface area contributed by atoms with Crippen molar-refractivity contribution in [3.05, 3.63) is 17.7 Å². The summed E-state index contributed by atoms with van der Waals surface area (Å²) in [7, 11) is 0. The maximum atomic E-state index is 12.8. The fourth-order valence-electron chi connectivity index (χ4n) is 3.12. The number of halogens is 9. The number of aliphatic carboxylic acids is 1. The fourth-order valence-corrected chi connectivity index (χ4v) is 3.12. The van der Waals surface area contributed by atoms with E-state index in [-0.39, 0.29) is 37.3 Å². The molecule has 0 spiro atoms. The molecule has 33 heavy (non-hydrogen) atoms. The number of rotatable bonds is 11. The van der Waals surface area contributed by atoms with Crippen LogP contribution in [0.15, 0.2) is 12.1 Å². The van der Waals surface area contributed by atoms with E-state index in [4.69, 9.17) is 5.11 Å².